The van der Waals surface area contributed by atoms with Crippen molar-refractivity contribution < 1.29 is 4.74 Å². The van der Waals surface area contributed by atoms with E-state index in [-0.39, 0.29) is 5.60 Å². The summed E-state index contributed by atoms with van der Waals surface area (Å²) in [7, 11) is 0. The van der Waals surface area contributed by atoms with Gasteiger partial charge in [0.05, 0.1) is 11.7 Å². The lowest BCUT2D eigenvalue weighted by atomic mass is 9.89. The second-order valence-corrected chi connectivity index (χ2v) is 5.93. The van der Waals surface area contributed by atoms with Crippen LogP contribution in [0.5, 0.6) is 0 Å². The van der Waals surface area contributed by atoms with E-state index < -0.39 is 0 Å². The van der Waals surface area contributed by atoms with Crippen LogP contribution in [0.1, 0.15) is 65.2 Å². The van der Waals surface area contributed by atoms with Crippen LogP contribution in [0.4, 0.5) is 0 Å². The zero-order valence-electron chi connectivity index (χ0n) is 11.6. The molecule has 0 aromatic rings. The Labute approximate surface area is 107 Å². The first kappa shape index (κ1) is 13.4. The van der Waals surface area contributed by atoms with Crippen molar-refractivity contribution in [2.24, 2.45) is 5.92 Å². The molecule has 1 aliphatic heterocycles. The van der Waals surface area contributed by atoms with E-state index in [2.05, 4.69) is 19.2 Å². The van der Waals surface area contributed by atoms with Gasteiger partial charge in [-0.1, -0.05) is 39.5 Å². The summed E-state index contributed by atoms with van der Waals surface area (Å²) >= 11 is 0. The van der Waals surface area contributed by atoms with Crippen molar-refractivity contribution >= 4 is 0 Å². The summed E-state index contributed by atoms with van der Waals surface area (Å²) in [6.07, 6.45) is 11.2. The van der Waals surface area contributed by atoms with Crippen molar-refractivity contribution in [3.8, 4) is 0 Å². The van der Waals surface area contributed by atoms with E-state index in [9.17, 15) is 0 Å². The molecule has 0 aromatic carbocycles. The number of morpholine rings is 1. The van der Waals surface area contributed by atoms with E-state index in [0.717, 1.165) is 31.8 Å². The van der Waals surface area contributed by atoms with Gasteiger partial charge in [0.1, 0.15) is 0 Å². The predicted molar refractivity (Wildman–Crippen MR) is 72.2 cm³/mol. The van der Waals surface area contributed by atoms with E-state index >= 15 is 0 Å². The average molecular weight is 239 g/mol. The normalized spacial score (nSPS) is 31.1. The van der Waals surface area contributed by atoms with Gasteiger partial charge in [-0.25, -0.2) is 0 Å². The Balaban J connectivity index is 1.95. The second kappa shape index (κ2) is 6.19. The number of nitrogens with one attached hydrogen (secondary N) is 1. The Hall–Kier alpha value is -0.0800. The smallest absolute Gasteiger partial charge is 0.0805 e. The molecular weight excluding hydrogens is 210 g/mol. The van der Waals surface area contributed by atoms with Gasteiger partial charge in [-0.2, -0.15) is 0 Å². The molecule has 1 heterocycles. The lowest BCUT2D eigenvalue weighted by molar-refractivity contribution is -0.141. The molecule has 0 radical (unpaired) electrons. The van der Waals surface area contributed by atoms with Crippen LogP contribution < -0.4 is 5.32 Å². The van der Waals surface area contributed by atoms with Crippen LogP contribution in [0.3, 0.4) is 0 Å². The second-order valence-electron chi connectivity index (χ2n) is 5.93. The molecule has 2 rings (SSSR count). The number of ether oxygens (including phenoxy) is 1. The summed E-state index contributed by atoms with van der Waals surface area (Å²) in [4.78, 5) is 0. The molecule has 0 amide bonds. The first-order valence-electron chi connectivity index (χ1n) is 7.68. The zero-order valence-corrected chi connectivity index (χ0v) is 11.6. The minimum atomic E-state index is 0.120. The van der Waals surface area contributed by atoms with Gasteiger partial charge in [0, 0.05) is 13.1 Å². The highest BCUT2D eigenvalue weighted by molar-refractivity contribution is 4.89. The Morgan fingerprint density at radius 3 is 2.29 bits per heavy atom. The lowest BCUT2D eigenvalue weighted by Gasteiger charge is -2.43. The molecule has 0 bridgehead atoms. The number of hydrogen-bond acceptors (Lipinski definition) is 2. The molecule has 2 heteroatoms. The summed E-state index contributed by atoms with van der Waals surface area (Å²) in [5, 5.41) is 3.62. The van der Waals surface area contributed by atoms with Gasteiger partial charge in [-0.3, -0.25) is 0 Å². The third-order valence-electron chi connectivity index (χ3n) is 4.91. The fraction of sp³-hybridized carbons (Fsp3) is 1.00. The molecule has 1 saturated heterocycles. The third-order valence-corrected chi connectivity index (χ3v) is 4.91. The lowest BCUT2D eigenvalue weighted by Crippen LogP contribution is -2.55. The van der Waals surface area contributed by atoms with Gasteiger partial charge in [0.25, 0.3) is 0 Å². The molecule has 2 nitrogen and oxygen atoms in total. The van der Waals surface area contributed by atoms with Crippen LogP contribution >= 0.6 is 0 Å². The van der Waals surface area contributed by atoms with Gasteiger partial charge >= 0.3 is 0 Å². The fourth-order valence-electron chi connectivity index (χ4n) is 3.46. The highest BCUT2D eigenvalue weighted by Gasteiger charge is 2.37. The monoisotopic (exact) mass is 239 g/mol. The van der Waals surface area contributed by atoms with Gasteiger partial charge in [-0.05, 0) is 31.6 Å². The minimum absolute atomic E-state index is 0.120. The van der Waals surface area contributed by atoms with E-state index in [1.165, 1.54) is 38.5 Å². The molecule has 1 atom stereocenters. The maximum Gasteiger partial charge on any atom is 0.0805 e. The van der Waals surface area contributed by atoms with Crippen LogP contribution in [0.15, 0.2) is 0 Å². The first-order valence-corrected chi connectivity index (χ1v) is 7.68. The zero-order chi connectivity index (χ0) is 12.1. The number of rotatable bonds is 3. The van der Waals surface area contributed by atoms with E-state index in [0.29, 0.717) is 6.10 Å². The molecule has 0 spiro atoms. The van der Waals surface area contributed by atoms with Crippen molar-refractivity contribution in [2.75, 3.05) is 13.1 Å². The SMILES string of the molecule is CCC1(CC)CNCC(C2CCCCCC2)O1. The highest BCUT2D eigenvalue weighted by Crippen LogP contribution is 2.33. The Morgan fingerprint density at radius 2 is 1.71 bits per heavy atom. The Morgan fingerprint density at radius 1 is 1.06 bits per heavy atom. The van der Waals surface area contributed by atoms with E-state index in [1.807, 2.05) is 0 Å². The first-order chi connectivity index (χ1) is 8.29. The van der Waals surface area contributed by atoms with Crippen LogP contribution in [-0.2, 0) is 4.74 Å². The Kier molecular flexibility index (Phi) is 4.87. The van der Waals surface area contributed by atoms with Crippen molar-refractivity contribution in [1.29, 1.82) is 0 Å². The molecule has 100 valence electrons. The fourth-order valence-corrected chi connectivity index (χ4v) is 3.46. The maximum atomic E-state index is 6.50. The number of hydrogen-bond donors (Lipinski definition) is 1. The van der Waals surface area contributed by atoms with Crippen molar-refractivity contribution in [3.05, 3.63) is 0 Å². The van der Waals surface area contributed by atoms with Crippen LogP contribution in [-0.4, -0.2) is 24.8 Å². The molecule has 0 aromatic heterocycles. The predicted octanol–water partition coefficient (Wildman–Crippen LogP) is 3.50. The van der Waals surface area contributed by atoms with Crippen LogP contribution in [0.25, 0.3) is 0 Å². The molecule has 2 aliphatic rings. The molecule has 1 saturated carbocycles. The van der Waals surface area contributed by atoms with Crippen molar-refractivity contribution in [1.82, 2.24) is 5.32 Å². The molecule has 1 N–H and O–H groups in total. The van der Waals surface area contributed by atoms with Gasteiger partial charge in [0.2, 0.25) is 0 Å². The summed E-state index contributed by atoms with van der Waals surface area (Å²) in [6.45, 7) is 6.65. The molecule has 1 aliphatic carbocycles. The molecule has 17 heavy (non-hydrogen) atoms. The quantitative estimate of drug-likeness (QED) is 0.761. The van der Waals surface area contributed by atoms with Crippen molar-refractivity contribution in [3.63, 3.8) is 0 Å². The molecule has 2 fully saturated rings. The third kappa shape index (κ3) is 3.23. The topological polar surface area (TPSA) is 21.3 Å². The van der Waals surface area contributed by atoms with E-state index in [1.54, 1.807) is 0 Å². The standard InChI is InChI=1S/C15H29NO/c1-3-15(4-2)12-16-11-14(17-15)13-9-7-5-6-8-10-13/h13-14,16H,3-12H2,1-2H3. The summed E-state index contributed by atoms with van der Waals surface area (Å²) in [5.41, 5.74) is 0.120. The largest absolute Gasteiger partial charge is 0.369 e. The molecule has 1 unspecified atom stereocenters. The summed E-state index contributed by atoms with van der Waals surface area (Å²) < 4.78 is 6.50. The van der Waals surface area contributed by atoms with E-state index in [4.69, 9.17) is 4.74 Å². The van der Waals surface area contributed by atoms with Crippen LogP contribution in [0.2, 0.25) is 0 Å². The highest BCUT2D eigenvalue weighted by atomic mass is 16.5. The summed E-state index contributed by atoms with van der Waals surface area (Å²) in [6, 6.07) is 0. The van der Waals surface area contributed by atoms with Crippen molar-refractivity contribution in [2.45, 2.75) is 76.9 Å². The van der Waals surface area contributed by atoms with Crippen LogP contribution in [0, 0.1) is 5.92 Å². The molecular formula is C15H29NO. The summed E-state index contributed by atoms with van der Waals surface area (Å²) in [5.74, 6) is 0.808. The Bertz CT molecular complexity index is 217. The average Bonchev–Trinajstić information content (AvgIpc) is 2.67. The minimum Gasteiger partial charge on any atom is -0.369 e. The maximum absolute atomic E-state index is 6.50. The van der Waals surface area contributed by atoms with Gasteiger partial charge < -0.3 is 10.1 Å². The van der Waals surface area contributed by atoms with Gasteiger partial charge in [0.15, 0.2) is 0 Å². The van der Waals surface area contributed by atoms with Gasteiger partial charge in [-0.15, -0.1) is 0 Å².